The number of furan rings is 1. The Morgan fingerprint density at radius 1 is 0.806 bits per heavy atom. The lowest BCUT2D eigenvalue weighted by molar-refractivity contribution is -0.384. The summed E-state index contributed by atoms with van der Waals surface area (Å²) in [5.41, 5.74) is 3.07. The Hall–Kier alpha value is -4.72. The molecule has 0 aliphatic heterocycles. The fraction of sp³-hybridized carbons (Fsp3) is 0.143. The lowest BCUT2D eigenvalue weighted by atomic mass is 9.87. The van der Waals surface area contributed by atoms with Gasteiger partial charge in [0.1, 0.15) is 5.76 Å². The Balaban J connectivity index is 1.43. The Bertz CT molecular complexity index is 1430. The van der Waals surface area contributed by atoms with Gasteiger partial charge >= 0.3 is 0 Å². The SMILES string of the molecule is CC(C)(C)c1ccc(C(=O)Nc2cccc(NC(=O)c3ccc(-c4cccc([N+](=O)[O-])c4)o3)c2)cc1. The number of amides is 2. The predicted molar refractivity (Wildman–Crippen MR) is 138 cm³/mol. The van der Waals surface area contributed by atoms with Crippen molar-refractivity contribution in [1.82, 2.24) is 0 Å². The first-order valence-electron chi connectivity index (χ1n) is 11.3. The molecule has 0 unspecified atom stereocenters. The molecule has 4 rings (SSSR count). The van der Waals surface area contributed by atoms with Crippen LogP contribution >= 0.6 is 0 Å². The first kappa shape index (κ1) is 24.4. The molecule has 0 radical (unpaired) electrons. The van der Waals surface area contributed by atoms with Crippen LogP contribution in [0.5, 0.6) is 0 Å². The first-order valence-corrected chi connectivity index (χ1v) is 11.3. The fourth-order valence-corrected chi connectivity index (χ4v) is 3.58. The standard InChI is InChI=1S/C28H25N3O5/c1-28(2,3)20-12-10-18(11-13-20)26(32)29-21-7-5-8-22(17-21)30-27(33)25-15-14-24(36-25)19-6-4-9-23(16-19)31(34)35/h4-17H,1-3H3,(H,29,32)(H,30,33). The van der Waals surface area contributed by atoms with Crippen molar-refractivity contribution in [3.63, 3.8) is 0 Å². The Morgan fingerprint density at radius 3 is 2.08 bits per heavy atom. The summed E-state index contributed by atoms with van der Waals surface area (Å²) in [5, 5.41) is 16.6. The van der Waals surface area contributed by atoms with E-state index in [-0.39, 0.29) is 22.8 Å². The molecule has 0 atom stereocenters. The molecule has 0 aliphatic rings. The van der Waals surface area contributed by atoms with Crippen molar-refractivity contribution < 1.29 is 18.9 Å². The van der Waals surface area contributed by atoms with Crippen LogP contribution in [0.4, 0.5) is 17.1 Å². The molecule has 8 nitrogen and oxygen atoms in total. The number of carbonyl (C=O) groups is 2. The minimum Gasteiger partial charge on any atom is -0.451 e. The van der Waals surface area contributed by atoms with Gasteiger partial charge in [-0.25, -0.2) is 0 Å². The third-order valence-electron chi connectivity index (χ3n) is 5.56. The zero-order valence-electron chi connectivity index (χ0n) is 20.1. The van der Waals surface area contributed by atoms with E-state index < -0.39 is 10.8 Å². The average Bonchev–Trinajstić information content (AvgIpc) is 3.34. The largest absolute Gasteiger partial charge is 0.451 e. The van der Waals surface area contributed by atoms with Crippen molar-refractivity contribution in [1.29, 1.82) is 0 Å². The van der Waals surface area contributed by atoms with Gasteiger partial charge < -0.3 is 15.1 Å². The molecule has 0 bridgehead atoms. The second-order valence-corrected chi connectivity index (χ2v) is 9.29. The van der Waals surface area contributed by atoms with Crippen LogP contribution in [0.25, 0.3) is 11.3 Å². The first-order chi connectivity index (χ1) is 17.1. The van der Waals surface area contributed by atoms with Crippen molar-refractivity contribution in [3.05, 3.63) is 112 Å². The van der Waals surface area contributed by atoms with Crippen LogP contribution in [-0.4, -0.2) is 16.7 Å². The normalized spacial score (nSPS) is 11.1. The van der Waals surface area contributed by atoms with Crippen LogP contribution in [0.3, 0.4) is 0 Å². The number of nitro groups is 1. The molecule has 3 aromatic carbocycles. The quantitative estimate of drug-likeness (QED) is 0.235. The van der Waals surface area contributed by atoms with Crippen molar-refractivity contribution in [2.75, 3.05) is 10.6 Å². The average molecular weight is 484 g/mol. The number of nitrogens with one attached hydrogen (secondary N) is 2. The molecule has 0 saturated carbocycles. The highest BCUT2D eigenvalue weighted by atomic mass is 16.6. The molecule has 182 valence electrons. The highest BCUT2D eigenvalue weighted by Gasteiger charge is 2.16. The summed E-state index contributed by atoms with van der Waals surface area (Å²) in [6, 6.07) is 23.3. The molecule has 2 N–H and O–H groups in total. The van der Waals surface area contributed by atoms with E-state index in [4.69, 9.17) is 4.42 Å². The van der Waals surface area contributed by atoms with Gasteiger partial charge in [0.15, 0.2) is 5.76 Å². The monoisotopic (exact) mass is 483 g/mol. The summed E-state index contributed by atoms with van der Waals surface area (Å²) in [5.74, 6) is -0.369. The molecule has 0 spiro atoms. The summed E-state index contributed by atoms with van der Waals surface area (Å²) >= 11 is 0. The van der Waals surface area contributed by atoms with E-state index in [9.17, 15) is 19.7 Å². The van der Waals surface area contributed by atoms with Crippen LogP contribution < -0.4 is 10.6 Å². The van der Waals surface area contributed by atoms with Crippen molar-refractivity contribution in [3.8, 4) is 11.3 Å². The second-order valence-electron chi connectivity index (χ2n) is 9.29. The van der Waals surface area contributed by atoms with Gasteiger partial charge in [0, 0.05) is 34.6 Å². The molecule has 8 heteroatoms. The summed E-state index contributed by atoms with van der Waals surface area (Å²) in [7, 11) is 0. The molecule has 0 aliphatic carbocycles. The number of non-ortho nitro benzene ring substituents is 1. The number of hydrogen-bond donors (Lipinski definition) is 2. The highest BCUT2D eigenvalue weighted by Crippen LogP contribution is 2.27. The maximum absolute atomic E-state index is 12.7. The van der Waals surface area contributed by atoms with Gasteiger partial charge in [-0.2, -0.15) is 0 Å². The lowest BCUT2D eigenvalue weighted by Crippen LogP contribution is -2.15. The Labute approximate surface area is 208 Å². The maximum Gasteiger partial charge on any atom is 0.291 e. The third kappa shape index (κ3) is 5.67. The lowest BCUT2D eigenvalue weighted by Gasteiger charge is -2.19. The van der Waals surface area contributed by atoms with Gasteiger partial charge in [-0.1, -0.05) is 51.1 Å². The predicted octanol–water partition coefficient (Wildman–Crippen LogP) is 6.66. The van der Waals surface area contributed by atoms with Gasteiger partial charge in [0.25, 0.3) is 17.5 Å². The van der Waals surface area contributed by atoms with Crippen LogP contribution in [0.2, 0.25) is 0 Å². The molecule has 1 heterocycles. The zero-order chi connectivity index (χ0) is 25.9. The summed E-state index contributed by atoms with van der Waals surface area (Å²) < 4.78 is 5.62. The highest BCUT2D eigenvalue weighted by molar-refractivity contribution is 6.05. The van der Waals surface area contributed by atoms with Gasteiger partial charge in [-0.15, -0.1) is 0 Å². The van der Waals surface area contributed by atoms with Crippen molar-refractivity contribution in [2.24, 2.45) is 0 Å². The van der Waals surface area contributed by atoms with E-state index in [2.05, 4.69) is 31.4 Å². The molecular formula is C28H25N3O5. The van der Waals surface area contributed by atoms with Gasteiger partial charge in [0.2, 0.25) is 0 Å². The summed E-state index contributed by atoms with van der Waals surface area (Å²) in [4.78, 5) is 35.9. The number of hydrogen-bond acceptors (Lipinski definition) is 5. The number of carbonyl (C=O) groups excluding carboxylic acids is 2. The number of anilines is 2. The molecule has 2 amide bonds. The van der Waals surface area contributed by atoms with Crippen molar-refractivity contribution >= 4 is 28.9 Å². The topological polar surface area (TPSA) is 114 Å². The Kier molecular flexibility index (Phi) is 6.69. The van der Waals surface area contributed by atoms with E-state index >= 15 is 0 Å². The molecule has 0 saturated heterocycles. The molecule has 0 fully saturated rings. The van der Waals surface area contributed by atoms with E-state index in [1.165, 1.54) is 18.2 Å². The van der Waals surface area contributed by atoms with Gasteiger partial charge in [-0.05, 0) is 53.4 Å². The minimum absolute atomic E-state index is 0.00460. The van der Waals surface area contributed by atoms with E-state index in [0.29, 0.717) is 28.3 Å². The van der Waals surface area contributed by atoms with Crippen LogP contribution in [0.1, 0.15) is 47.2 Å². The van der Waals surface area contributed by atoms with Crippen LogP contribution in [0, 0.1) is 10.1 Å². The van der Waals surface area contributed by atoms with Crippen LogP contribution in [0.15, 0.2) is 89.3 Å². The van der Waals surface area contributed by atoms with Gasteiger partial charge in [0.05, 0.1) is 4.92 Å². The maximum atomic E-state index is 12.7. The van der Waals surface area contributed by atoms with Crippen LogP contribution in [-0.2, 0) is 5.41 Å². The smallest absolute Gasteiger partial charge is 0.291 e. The van der Waals surface area contributed by atoms with E-state index in [1.54, 1.807) is 54.6 Å². The third-order valence-corrected chi connectivity index (χ3v) is 5.56. The molecule has 36 heavy (non-hydrogen) atoms. The second kappa shape index (κ2) is 9.87. The fourth-order valence-electron chi connectivity index (χ4n) is 3.58. The molecule has 1 aromatic heterocycles. The summed E-state index contributed by atoms with van der Waals surface area (Å²) in [6.07, 6.45) is 0. The number of benzene rings is 3. The van der Waals surface area contributed by atoms with E-state index in [1.807, 2.05) is 12.1 Å². The van der Waals surface area contributed by atoms with Crippen molar-refractivity contribution in [2.45, 2.75) is 26.2 Å². The number of nitrogens with zero attached hydrogens (tertiary/aromatic N) is 1. The number of nitro benzene ring substituents is 1. The number of rotatable bonds is 6. The molecule has 4 aromatic rings. The minimum atomic E-state index is -0.493. The Morgan fingerprint density at radius 2 is 1.44 bits per heavy atom. The van der Waals surface area contributed by atoms with E-state index in [0.717, 1.165) is 5.56 Å². The molecular weight excluding hydrogens is 458 g/mol. The zero-order valence-corrected chi connectivity index (χ0v) is 20.1. The van der Waals surface area contributed by atoms with Gasteiger partial charge in [-0.3, -0.25) is 19.7 Å². The summed E-state index contributed by atoms with van der Waals surface area (Å²) in [6.45, 7) is 6.33.